The third-order valence-corrected chi connectivity index (χ3v) is 3.29. The molecule has 2 aromatic rings. The van der Waals surface area contributed by atoms with Crippen LogP contribution in [0.2, 0.25) is 0 Å². The number of para-hydroxylation sites is 1. The lowest BCUT2D eigenvalue weighted by Gasteiger charge is -2.16. The first-order valence-corrected chi connectivity index (χ1v) is 6.23. The van der Waals surface area contributed by atoms with Crippen molar-refractivity contribution in [1.29, 1.82) is 0 Å². The summed E-state index contributed by atoms with van der Waals surface area (Å²) in [7, 11) is 0. The highest BCUT2D eigenvalue weighted by molar-refractivity contribution is 5.93. The highest BCUT2D eigenvalue weighted by atomic mass is 16.2. The van der Waals surface area contributed by atoms with Gasteiger partial charge in [0.1, 0.15) is 5.69 Å². The molecular formula is C14H15N3O. The molecule has 1 aromatic carbocycles. The van der Waals surface area contributed by atoms with Gasteiger partial charge < -0.3 is 4.90 Å². The Morgan fingerprint density at radius 1 is 1.11 bits per heavy atom. The number of hydrogen-bond acceptors (Lipinski definition) is 2. The van der Waals surface area contributed by atoms with Crippen molar-refractivity contribution >= 4 is 5.91 Å². The quantitative estimate of drug-likeness (QED) is 0.807. The molecule has 0 aliphatic carbocycles. The molecule has 18 heavy (non-hydrogen) atoms. The molecule has 0 spiro atoms. The zero-order valence-corrected chi connectivity index (χ0v) is 10.1. The Bertz CT molecular complexity index is 541. The van der Waals surface area contributed by atoms with Crippen LogP contribution in [-0.4, -0.2) is 33.4 Å². The lowest BCUT2D eigenvalue weighted by Crippen LogP contribution is -2.29. The molecule has 3 rings (SSSR count). The van der Waals surface area contributed by atoms with E-state index in [2.05, 4.69) is 4.98 Å². The number of nitrogens with zero attached hydrogens (tertiary/aromatic N) is 3. The summed E-state index contributed by atoms with van der Waals surface area (Å²) in [4.78, 5) is 18.4. The third-order valence-electron chi connectivity index (χ3n) is 3.29. The Morgan fingerprint density at radius 3 is 2.56 bits per heavy atom. The van der Waals surface area contributed by atoms with Crippen LogP contribution in [0, 0.1) is 0 Å². The molecule has 1 aliphatic rings. The predicted molar refractivity (Wildman–Crippen MR) is 68.7 cm³/mol. The van der Waals surface area contributed by atoms with Crippen molar-refractivity contribution < 1.29 is 4.79 Å². The summed E-state index contributed by atoms with van der Waals surface area (Å²) in [5.41, 5.74) is 1.61. The Labute approximate surface area is 106 Å². The van der Waals surface area contributed by atoms with E-state index >= 15 is 0 Å². The molecular weight excluding hydrogens is 226 g/mol. The number of hydrogen-bond donors (Lipinski definition) is 0. The number of carbonyl (C=O) groups excluding carboxylic acids is 1. The fourth-order valence-corrected chi connectivity index (χ4v) is 2.33. The number of likely N-dealkylation sites (tertiary alicyclic amines) is 1. The van der Waals surface area contributed by atoms with E-state index in [-0.39, 0.29) is 5.91 Å². The highest BCUT2D eigenvalue weighted by Gasteiger charge is 2.22. The maximum atomic E-state index is 12.4. The van der Waals surface area contributed by atoms with Crippen LogP contribution in [0.25, 0.3) is 5.69 Å². The Balaban J connectivity index is 1.94. The van der Waals surface area contributed by atoms with Crippen molar-refractivity contribution in [3.63, 3.8) is 0 Å². The van der Waals surface area contributed by atoms with Gasteiger partial charge in [-0.3, -0.25) is 9.36 Å². The van der Waals surface area contributed by atoms with Gasteiger partial charge in [0.2, 0.25) is 0 Å². The topological polar surface area (TPSA) is 38.1 Å². The molecule has 1 saturated heterocycles. The van der Waals surface area contributed by atoms with E-state index in [4.69, 9.17) is 0 Å². The molecule has 0 N–H and O–H groups in total. The summed E-state index contributed by atoms with van der Waals surface area (Å²) in [6.45, 7) is 1.72. The van der Waals surface area contributed by atoms with Gasteiger partial charge in [0, 0.05) is 18.8 Å². The van der Waals surface area contributed by atoms with Crippen LogP contribution in [0.1, 0.15) is 23.3 Å². The van der Waals surface area contributed by atoms with E-state index in [0.717, 1.165) is 31.6 Å². The molecule has 1 amide bonds. The van der Waals surface area contributed by atoms with Crippen LogP contribution in [0.4, 0.5) is 0 Å². The van der Waals surface area contributed by atoms with E-state index in [9.17, 15) is 4.79 Å². The Morgan fingerprint density at radius 2 is 1.83 bits per heavy atom. The molecule has 0 unspecified atom stereocenters. The minimum Gasteiger partial charge on any atom is -0.337 e. The molecule has 92 valence electrons. The van der Waals surface area contributed by atoms with Gasteiger partial charge in [0.05, 0.1) is 12.5 Å². The van der Waals surface area contributed by atoms with Gasteiger partial charge in [-0.1, -0.05) is 18.2 Å². The number of benzene rings is 1. The predicted octanol–water partition coefficient (Wildman–Crippen LogP) is 2.11. The molecule has 0 saturated carbocycles. The monoisotopic (exact) mass is 241 g/mol. The molecule has 0 radical (unpaired) electrons. The average Bonchev–Trinajstić information content (AvgIpc) is 3.10. The van der Waals surface area contributed by atoms with E-state index in [1.807, 2.05) is 39.8 Å². The molecule has 4 nitrogen and oxygen atoms in total. The standard InChI is InChI=1S/C14H15N3O/c18-14(16-8-4-5-9-16)13-10-15-11-17(13)12-6-2-1-3-7-12/h1-3,6-7,10-11H,4-5,8-9H2. The van der Waals surface area contributed by atoms with Gasteiger partial charge in [-0.2, -0.15) is 0 Å². The molecule has 0 bridgehead atoms. The van der Waals surface area contributed by atoms with E-state index in [0.29, 0.717) is 5.69 Å². The van der Waals surface area contributed by atoms with E-state index < -0.39 is 0 Å². The lowest BCUT2D eigenvalue weighted by molar-refractivity contribution is 0.0785. The number of amides is 1. The second-order valence-corrected chi connectivity index (χ2v) is 4.48. The van der Waals surface area contributed by atoms with Crippen molar-refractivity contribution in [2.75, 3.05) is 13.1 Å². The summed E-state index contributed by atoms with van der Waals surface area (Å²) in [5.74, 6) is 0.0776. The fraction of sp³-hybridized carbons (Fsp3) is 0.286. The van der Waals surface area contributed by atoms with Gasteiger partial charge in [0.25, 0.3) is 5.91 Å². The highest BCUT2D eigenvalue weighted by Crippen LogP contribution is 2.16. The van der Waals surface area contributed by atoms with E-state index in [1.165, 1.54) is 0 Å². The maximum Gasteiger partial charge on any atom is 0.272 e. The Kier molecular flexibility index (Phi) is 2.84. The first-order valence-electron chi connectivity index (χ1n) is 6.23. The van der Waals surface area contributed by atoms with Crippen LogP contribution < -0.4 is 0 Å². The second-order valence-electron chi connectivity index (χ2n) is 4.48. The minimum atomic E-state index is 0.0776. The van der Waals surface area contributed by atoms with Gasteiger partial charge in [-0.25, -0.2) is 4.98 Å². The second kappa shape index (κ2) is 4.64. The van der Waals surface area contributed by atoms with Crippen molar-refractivity contribution in [3.8, 4) is 5.69 Å². The third kappa shape index (κ3) is 1.90. The number of aromatic nitrogens is 2. The smallest absolute Gasteiger partial charge is 0.272 e. The normalized spacial score (nSPS) is 15.0. The largest absolute Gasteiger partial charge is 0.337 e. The number of imidazole rings is 1. The number of rotatable bonds is 2. The van der Waals surface area contributed by atoms with Crippen LogP contribution in [0.5, 0.6) is 0 Å². The van der Waals surface area contributed by atoms with Crippen LogP contribution in [0.3, 0.4) is 0 Å². The van der Waals surface area contributed by atoms with Gasteiger partial charge in [-0.05, 0) is 25.0 Å². The number of carbonyl (C=O) groups is 1. The lowest BCUT2D eigenvalue weighted by atomic mass is 10.3. The summed E-state index contributed by atoms with van der Waals surface area (Å²) in [5, 5.41) is 0. The minimum absolute atomic E-state index is 0.0776. The molecule has 4 heteroatoms. The molecule has 1 fully saturated rings. The summed E-state index contributed by atoms with van der Waals surface area (Å²) in [6.07, 6.45) is 5.54. The van der Waals surface area contributed by atoms with Crippen molar-refractivity contribution in [2.24, 2.45) is 0 Å². The van der Waals surface area contributed by atoms with Gasteiger partial charge in [-0.15, -0.1) is 0 Å². The van der Waals surface area contributed by atoms with Crippen LogP contribution in [0.15, 0.2) is 42.9 Å². The van der Waals surface area contributed by atoms with Crippen molar-refractivity contribution in [3.05, 3.63) is 48.5 Å². The zero-order valence-electron chi connectivity index (χ0n) is 10.1. The zero-order chi connectivity index (χ0) is 12.4. The van der Waals surface area contributed by atoms with Gasteiger partial charge in [0.15, 0.2) is 0 Å². The summed E-state index contributed by atoms with van der Waals surface area (Å²) in [6, 6.07) is 9.83. The SMILES string of the molecule is O=C(c1cncn1-c1ccccc1)N1CCCC1. The van der Waals surface area contributed by atoms with Gasteiger partial charge >= 0.3 is 0 Å². The van der Waals surface area contributed by atoms with Crippen LogP contribution >= 0.6 is 0 Å². The summed E-state index contributed by atoms with van der Waals surface area (Å²) >= 11 is 0. The first kappa shape index (κ1) is 11.0. The van der Waals surface area contributed by atoms with Crippen molar-refractivity contribution in [1.82, 2.24) is 14.5 Å². The molecule has 0 atom stereocenters. The van der Waals surface area contributed by atoms with E-state index in [1.54, 1.807) is 12.5 Å². The maximum absolute atomic E-state index is 12.4. The van der Waals surface area contributed by atoms with Crippen molar-refractivity contribution in [2.45, 2.75) is 12.8 Å². The summed E-state index contributed by atoms with van der Waals surface area (Å²) < 4.78 is 1.85. The van der Waals surface area contributed by atoms with Crippen LogP contribution in [-0.2, 0) is 0 Å². The molecule has 2 heterocycles. The average molecular weight is 241 g/mol. The Hall–Kier alpha value is -2.10. The molecule has 1 aromatic heterocycles. The fourth-order valence-electron chi connectivity index (χ4n) is 2.33. The first-order chi connectivity index (χ1) is 8.86. The molecule has 1 aliphatic heterocycles.